The van der Waals surface area contributed by atoms with Crippen molar-refractivity contribution in [1.82, 2.24) is 4.31 Å². The van der Waals surface area contributed by atoms with Gasteiger partial charge in [0.15, 0.2) is 9.84 Å². The Morgan fingerprint density at radius 2 is 2.07 bits per heavy atom. The first-order chi connectivity index (χ1) is 12.5. The van der Waals surface area contributed by atoms with E-state index in [1.54, 1.807) is 13.0 Å². The summed E-state index contributed by atoms with van der Waals surface area (Å²) in [7, 11) is -5.95. The lowest BCUT2D eigenvalue weighted by Gasteiger charge is -2.32. The van der Waals surface area contributed by atoms with Crippen molar-refractivity contribution in [3.8, 4) is 5.75 Å². The van der Waals surface area contributed by atoms with Gasteiger partial charge in [-0.3, -0.25) is 4.79 Å². The van der Waals surface area contributed by atoms with Crippen molar-refractivity contribution in [2.45, 2.75) is 50.6 Å². The molecule has 8 nitrogen and oxygen atoms in total. The second-order valence-electron chi connectivity index (χ2n) is 6.70. The maximum absolute atomic E-state index is 13.5. The fourth-order valence-electron chi connectivity index (χ4n) is 3.22. The molecule has 1 aromatic carbocycles. The summed E-state index contributed by atoms with van der Waals surface area (Å²) < 4.78 is 57.3. The van der Waals surface area contributed by atoms with Crippen LogP contribution in [0.15, 0.2) is 23.1 Å². The number of ether oxygens (including phenoxy) is 1. The number of methoxy groups -OCH3 is 1. The Bertz CT molecular complexity index is 911. The lowest BCUT2D eigenvalue weighted by atomic mass is 10.2. The summed E-state index contributed by atoms with van der Waals surface area (Å²) in [6.07, 6.45) is 0.795. The predicted molar refractivity (Wildman–Crippen MR) is 103 cm³/mol. The molecule has 0 aliphatic carbocycles. The first-order valence-corrected chi connectivity index (χ1v) is 12.0. The highest BCUT2D eigenvalue weighted by atomic mass is 32.2. The summed E-state index contributed by atoms with van der Waals surface area (Å²) in [5.41, 5.74) is 0.324. The monoisotopic (exact) mass is 418 g/mol. The summed E-state index contributed by atoms with van der Waals surface area (Å²) in [5.74, 6) is -0.407. The molecule has 0 aromatic heterocycles. The molecule has 10 heteroatoms. The zero-order valence-electron chi connectivity index (χ0n) is 15.9. The van der Waals surface area contributed by atoms with Crippen molar-refractivity contribution in [2.24, 2.45) is 0 Å². The highest BCUT2D eigenvalue weighted by Gasteiger charge is 2.42. The minimum Gasteiger partial charge on any atom is -0.495 e. The van der Waals surface area contributed by atoms with Gasteiger partial charge in [0.25, 0.3) is 0 Å². The molecule has 0 spiro atoms. The molecular formula is C17H26N2O6S2. The molecule has 27 heavy (non-hydrogen) atoms. The van der Waals surface area contributed by atoms with Gasteiger partial charge in [0.05, 0.1) is 18.6 Å². The number of amides is 1. The molecule has 0 saturated carbocycles. The molecular weight excluding hydrogens is 392 g/mol. The van der Waals surface area contributed by atoms with Gasteiger partial charge in [-0.1, -0.05) is 6.92 Å². The van der Waals surface area contributed by atoms with Crippen LogP contribution in [0.5, 0.6) is 5.75 Å². The Labute approximate surface area is 160 Å². The second-order valence-corrected chi connectivity index (χ2v) is 10.7. The standard InChI is InChI=1S/C17H26N2O6S2/c1-5-12(2)19(15-8-9-26(21,22)11-15)27(23,24)17-10-14(18-13(3)20)6-7-16(17)25-4/h6-7,10,12,15H,5,8-9,11H2,1-4H3,(H,18,20)/t12-,15-/m1/s1. The quantitative estimate of drug-likeness (QED) is 0.721. The van der Waals surface area contributed by atoms with E-state index in [-0.39, 0.29) is 40.5 Å². The van der Waals surface area contributed by atoms with Crippen LogP contribution in [-0.2, 0) is 24.7 Å². The number of nitrogens with zero attached hydrogens (tertiary/aromatic N) is 1. The maximum Gasteiger partial charge on any atom is 0.247 e. The van der Waals surface area contributed by atoms with E-state index in [0.29, 0.717) is 12.1 Å². The van der Waals surface area contributed by atoms with E-state index >= 15 is 0 Å². The Balaban J connectivity index is 2.56. The lowest BCUT2D eigenvalue weighted by Crippen LogP contribution is -2.46. The Morgan fingerprint density at radius 1 is 1.41 bits per heavy atom. The molecule has 1 saturated heterocycles. The number of rotatable bonds is 7. The maximum atomic E-state index is 13.5. The number of carbonyl (C=O) groups excluding carboxylic acids is 1. The zero-order valence-corrected chi connectivity index (χ0v) is 17.6. The van der Waals surface area contributed by atoms with Gasteiger partial charge in [0.1, 0.15) is 10.6 Å². The summed E-state index contributed by atoms with van der Waals surface area (Å²) in [6, 6.07) is 3.35. The summed E-state index contributed by atoms with van der Waals surface area (Å²) in [5, 5.41) is 2.56. The molecule has 1 N–H and O–H groups in total. The number of sulfonamides is 1. The minimum atomic E-state index is -4.05. The van der Waals surface area contributed by atoms with Gasteiger partial charge in [0, 0.05) is 24.7 Å². The van der Waals surface area contributed by atoms with Crippen molar-refractivity contribution in [1.29, 1.82) is 0 Å². The highest BCUT2D eigenvalue weighted by molar-refractivity contribution is 7.92. The van der Waals surface area contributed by atoms with Crippen LogP contribution in [0.2, 0.25) is 0 Å². The van der Waals surface area contributed by atoms with Crippen LogP contribution in [0, 0.1) is 0 Å². The normalized spacial score (nSPS) is 20.4. The van der Waals surface area contributed by atoms with Crippen LogP contribution in [0.1, 0.15) is 33.6 Å². The molecule has 0 bridgehead atoms. The molecule has 1 aliphatic rings. The largest absolute Gasteiger partial charge is 0.495 e. The predicted octanol–water partition coefficient (Wildman–Crippen LogP) is 1.63. The molecule has 1 aliphatic heterocycles. The fraction of sp³-hybridized carbons (Fsp3) is 0.588. The van der Waals surface area contributed by atoms with E-state index in [1.165, 1.54) is 30.5 Å². The molecule has 0 radical (unpaired) electrons. The van der Waals surface area contributed by atoms with Crippen LogP contribution in [0.4, 0.5) is 5.69 Å². The van der Waals surface area contributed by atoms with E-state index in [4.69, 9.17) is 4.74 Å². The molecule has 1 fully saturated rings. The average Bonchev–Trinajstić information content (AvgIpc) is 2.93. The number of hydrogen-bond donors (Lipinski definition) is 1. The highest BCUT2D eigenvalue weighted by Crippen LogP contribution is 2.34. The average molecular weight is 419 g/mol. The Kier molecular flexibility index (Phi) is 6.54. The number of benzene rings is 1. The van der Waals surface area contributed by atoms with Crippen molar-refractivity contribution in [2.75, 3.05) is 23.9 Å². The van der Waals surface area contributed by atoms with Crippen LogP contribution in [0.25, 0.3) is 0 Å². The number of anilines is 1. The number of sulfone groups is 1. The molecule has 1 amide bonds. The molecule has 1 aromatic rings. The van der Waals surface area contributed by atoms with E-state index in [1.807, 2.05) is 6.92 Å². The molecule has 2 rings (SSSR count). The molecule has 152 valence electrons. The first kappa shape index (κ1) is 21.6. The fourth-order valence-corrected chi connectivity index (χ4v) is 7.13. The third kappa shape index (κ3) is 4.80. The zero-order chi connectivity index (χ0) is 20.4. The third-order valence-electron chi connectivity index (χ3n) is 4.63. The van der Waals surface area contributed by atoms with E-state index in [9.17, 15) is 21.6 Å². The Hall–Kier alpha value is -1.65. The van der Waals surface area contributed by atoms with E-state index in [0.717, 1.165) is 0 Å². The number of nitrogens with one attached hydrogen (secondary N) is 1. The smallest absolute Gasteiger partial charge is 0.247 e. The SMILES string of the molecule is CC[C@@H](C)N([C@@H]1CCS(=O)(=O)C1)S(=O)(=O)c1cc(NC(C)=O)ccc1OC. The topological polar surface area (TPSA) is 110 Å². The number of hydrogen-bond acceptors (Lipinski definition) is 6. The van der Waals surface area contributed by atoms with Crippen molar-refractivity contribution < 1.29 is 26.4 Å². The minimum absolute atomic E-state index is 0.0246. The van der Waals surface area contributed by atoms with E-state index < -0.39 is 25.9 Å². The van der Waals surface area contributed by atoms with Gasteiger partial charge in [0.2, 0.25) is 15.9 Å². The van der Waals surface area contributed by atoms with Crippen molar-refractivity contribution >= 4 is 31.5 Å². The Morgan fingerprint density at radius 3 is 2.56 bits per heavy atom. The van der Waals surface area contributed by atoms with Crippen LogP contribution >= 0.6 is 0 Å². The van der Waals surface area contributed by atoms with E-state index in [2.05, 4.69) is 5.32 Å². The van der Waals surface area contributed by atoms with Crippen LogP contribution in [-0.4, -0.2) is 57.7 Å². The van der Waals surface area contributed by atoms with Crippen molar-refractivity contribution in [3.63, 3.8) is 0 Å². The summed E-state index contributed by atoms with van der Waals surface area (Å²) in [6.45, 7) is 4.93. The molecule has 1 heterocycles. The van der Waals surface area contributed by atoms with Crippen LogP contribution < -0.4 is 10.1 Å². The van der Waals surface area contributed by atoms with Gasteiger partial charge >= 0.3 is 0 Å². The van der Waals surface area contributed by atoms with Gasteiger partial charge in [-0.15, -0.1) is 0 Å². The summed E-state index contributed by atoms with van der Waals surface area (Å²) in [4.78, 5) is 11.2. The lowest BCUT2D eigenvalue weighted by molar-refractivity contribution is -0.114. The second kappa shape index (κ2) is 8.15. The first-order valence-electron chi connectivity index (χ1n) is 8.71. The summed E-state index contributed by atoms with van der Waals surface area (Å²) >= 11 is 0. The number of carbonyl (C=O) groups is 1. The van der Waals surface area contributed by atoms with Gasteiger partial charge < -0.3 is 10.1 Å². The third-order valence-corrected chi connectivity index (χ3v) is 8.47. The molecule has 2 atom stereocenters. The van der Waals surface area contributed by atoms with Gasteiger partial charge in [-0.25, -0.2) is 16.8 Å². The van der Waals surface area contributed by atoms with Gasteiger partial charge in [-0.2, -0.15) is 4.31 Å². The molecule has 0 unspecified atom stereocenters. The van der Waals surface area contributed by atoms with Crippen LogP contribution in [0.3, 0.4) is 0 Å². The van der Waals surface area contributed by atoms with Gasteiger partial charge in [-0.05, 0) is 38.0 Å². The van der Waals surface area contributed by atoms with Crippen molar-refractivity contribution in [3.05, 3.63) is 18.2 Å².